The molecule has 0 aromatic carbocycles. The summed E-state index contributed by atoms with van der Waals surface area (Å²) in [5.41, 5.74) is 0. The predicted molar refractivity (Wildman–Crippen MR) is 267 cm³/mol. The van der Waals surface area contributed by atoms with E-state index >= 15 is 0 Å². The molecule has 0 radical (unpaired) electrons. The maximum Gasteiger partial charge on any atom is 0.472 e. The van der Waals surface area contributed by atoms with Gasteiger partial charge in [-0.25, -0.2) is 4.57 Å². The number of carbonyl (C=O) groups excluding carboxylic acids is 2. The summed E-state index contributed by atoms with van der Waals surface area (Å²) in [4.78, 5) is 35.8. The van der Waals surface area contributed by atoms with Gasteiger partial charge in [0.05, 0.1) is 6.61 Å². The smallest absolute Gasteiger partial charge is 0.462 e. The number of allylic oxidation sites excluding steroid dienone is 8. The van der Waals surface area contributed by atoms with Gasteiger partial charge in [-0.3, -0.25) is 18.6 Å². The van der Waals surface area contributed by atoms with Gasteiger partial charge in [-0.1, -0.05) is 204 Å². The average molecular weight is 971 g/mol. The SMILES string of the molecule is CC/C=C\C/C=C\C/C=C\C/C=C\CCCCC(=O)OC(COC(=O)CCCCCCCCCCCCCCCCCCCCCCCCC)COP(=O)(O)OC1C(O)C(O)C(O)C(O)C1O. The first-order valence-corrected chi connectivity index (χ1v) is 27.9. The molecule has 1 fully saturated rings. The second kappa shape index (κ2) is 42.7. The molecule has 6 N–H and O–H groups in total. The van der Waals surface area contributed by atoms with Gasteiger partial charge >= 0.3 is 19.8 Å². The molecule has 67 heavy (non-hydrogen) atoms. The second-order valence-corrected chi connectivity index (χ2v) is 19.8. The maximum absolute atomic E-state index is 12.8. The van der Waals surface area contributed by atoms with E-state index in [1.54, 1.807) is 0 Å². The molecule has 0 bridgehead atoms. The van der Waals surface area contributed by atoms with Crippen LogP contribution < -0.4 is 0 Å². The zero-order valence-electron chi connectivity index (χ0n) is 41.7. The first kappa shape index (κ1) is 62.8. The highest BCUT2D eigenvalue weighted by Gasteiger charge is 2.51. The third-order valence-electron chi connectivity index (χ3n) is 12.2. The summed E-state index contributed by atoms with van der Waals surface area (Å²) < 4.78 is 33.6. The van der Waals surface area contributed by atoms with E-state index in [1.165, 1.54) is 122 Å². The molecule has 1 saturated carbocycles. The summed E-state index contributed by atoms with van der Waals surface area (Å²) in [6.45, 7) is 3.18. The molecule has 0 aromatic heterocycles. The minimum Gasteiger partial charge on any atom is -0.462 e. The molecular weight excluding hydrogens is 876 g/mol. The van der Waals surface area contributed by atoms with Gasteiger partial charge in [0.2, 0.25) is 0 Å². The molecule has 13 nitrogen and oxygen atoms in total. The van der Waals surface area contributed by atoms with Gasteiger partial charge in [0.25, 0.3) is 0 Å². The number of aliphatic hydroxyl groups is 5. The number of rotatable bonds is 44. The highest BCUT2D eigenvalue weighted by atomic mass is 31.2. The highest BCUT2D eigenvalue weighted by molar-refractivity contribution is 7.47. The normalized spacial score (nSPS) is 21.5. The van der Waals surface area contributed by atoms with Crippen LogP contribution in [0.3, 0.4) is 0 Å². The fourth-order valence-corrected chi connectivity index (χ4v) is 8.96. The van der Waals surface area contributed by atoms with Crippen LogP contribution >= 0.6 is 7.82 Å². The molecule has 0 aliphatic heterocycles. The Balaban J connectivity index is 2.36. The minimum absolute atomic E-state index is 0.0450. The molecule has 6 unspecified atom stereocenters. The predicted octanol–water partition coefficient (Wildman–Crippen LogP) is 11.5. The largest absolute Gasteiger partial charge is 0.472 e. The molecule has 0 saturated heterocycles. The van der Waals surface area contributed by atoms with E-state index in [4.69, 9.17) is 18.5 Å². The quantitative estimate of drug-likeness (QED) is 0.0145. The van der Waals surface area contributed by atoms with Crippen molar-refractivity contribution in [2.45, 2.75) is 262 Å². The van der Waals surface area contributed by atoms with Gasteiger partial charge in [0.1, 0.15) is 43.2 Å². The van der Waals surface area contributed by atoms with Gasteiger partial charge in [0, 0.05) is 12.8 Å². The Bertz CT molecular complexity index is 1350. The first-order chi connectivity index (χ1) is 32.4. The van der Waals surface area contributed by atoms with Crippen molar-refractivity contribution in [3.8, 4) is 0 Å². The van der Waals surface area contributed by atoms with E-state index in [1.807, 2.05) is 0 Å². The molecule has 6 atom stereocenters. The van der Waals surface area contributed by atoms with E-state index in [0.29, 0.717) is 12.8 Å². The number of esters is 2. The number of carbonyl (C=O) groups is 2. The number of ether oxygens (including phenoxy) is 2. The van der Waals surface area contributed by atoms with E-state index < -0.39 is 75.7 Å². The standard InChI is InChI=1S/C53H95O13P/c1-3-5-7-9-11-13-15-17-19-20-21-22-23-24-25-26-28-29-31-33-35-37-39-41-46(54)63-43-45(44-64-67(61,62)66-53-51(59)49(57)48(56)50(58)52(53)60)65-47(55)42-40-38-36-34-32-30-27-18-16-14-12-10-8-6-4-2/h6,8,12,14,18,27,32,34,45,48-53,56-60H,3-5,7,9-11,13,15-17,19-26,28-31,33,35-44H2,1-2H3,(H,61,62)/b8-6-,14-12-,27-18-,34-32-. The van der Waals surface area contributed by atoms with Crippen LogP contribution in [0.5, 0.6) is 0 Å². The summed E-state index contributed by atoms with van der Waals surface area (Å²) in [7, 11) is -5.13. The Labute approximate surface area is 405 Å². The van der Waals surface area contributed by atoms with Gasteiger partial charge in [0.15, 0.2) is 6.10 Å². The van der Waals surface area contributed by atoms with Crippen molar-refractivity contribution in [3.05, 3.63) is 48.6 Å². The fourth-order valence-electron chi connectivity index (χ4n) is 7.99. The topological polar surface area (TPSA) is 210 Å². The van der Waals surface area contributed by atoms with Gasteiger partial charge < -0.3 is 39.9 Å². The number of phosphoric acid groups is 1. The lowest BCUT2D eigenvalue weighted by Crippen LogP contribution is -2.64. The lowest BCUT2D eigenvalue weighted by Gasteiger charge is -2.41. The van der Waals surface area contributed by atoms with Crippen molar-refractivity contribution in [3.63, 3.8) is 0 Å². The van der Waals surface area contributed by atoms with Crippen LogP contribution in [0.2, 0.25) is 0 Å². The van der Waals surface area contributed by atoms with E-state index in [9.17, 15) is 44.6 Å². The van der Waals surface area contributed by atoms with E-state index in [2.05, 4.69) is 62.5 Å². The number of aliphatic hydroxyl groups excluding tert-OH is 5. The molecule has 0 aromatic rings. The van der Waals surface area contributed by atoms with Crippen molar-refractivity contribution < 1.29 is 63.1 Å². The maximum atomic E-state index is 12.8. The lowest BCUT2D eigenvalue weighted by molar-refractivity contribution is -0.220. The third-order valence-corrected chi connectivity index (χ3v) is 13.2. The molecule has 1 aliphatic carbocycles. The van der Waals surface area contributed by atoms with Crippen molar-refractivity contribution >= 4 is 19.8 Å². The molecule has 390 valence electrons. The average Bonchev–Trinajstić information content (AvgIpc) is 3.31. The summed E-state index contributed by atoms with van der Waals surface area (Å²) in [5.74, 6) is -1.14. The third kappa shape index (κ3) is 34.7. The molecular formula is C53H95O13P. The minimum atomic E-state index is -5.13. The number of hydrogen-bond acceptors (Lipinski definition) is 12. The summed E-state index contributed by atoms with van der Waals surface area (Å²) in [5, 5.41) is 50.3. The zero-order chi connectivity index (χ0) is 49.2. The van der Waals surface area contributed by atoms with Crippen LogP contribution in [0, 0.1) is 0 Å². The Morgan fingerprint density at radius 3 is 1.30 bits per heavy atom. The lowest BCUT2D eigenvalue weighted by atomic mass is 9.85. The Morgan fingerprint density at radius 2 is 0.851 bits per heavy atom. The van der Waals surface area contributed by atoms with Crippen LogP contribution in [0.15, 0.2) is 48.6 Å². The van der Waals surface area contributed by atoms with Crippen LogP contribution in [0.1, 0.15) is 219 Å². The Morgan fingerprint density at radius 1 is 0.478 bits per heavy atom. The molecule has 1 rings (SSSR count). The van der Waals surface area contributed by atoms with Crippen molar-refractivity contribution in [1.82, 2.24) is 0 Å². The number of hydrogen-bond donors (Lipinski definition) is 6. The van der Waals surface area contributed by atoms with Crippen molar-refractivity contribution in [2.75, 3.05) is 13.2 Å². The van der Waals surface area contributed by atoms with Crippen molar-refractivity contribution in [2.24, 2.45) is 0 Å². The summed E-state index contributed by atoms with van der Waals surface area (Å²) in [6, 6.07) is 0. The van der Waals surface area contributed by atoms with Crippen LogP contribution in [0.4, 0.5) is 0 Å². The molecule has 0 heterocycles. The fraction of sp³-hybridized carbons (Fsp3) is 0.811. The van der Waals surface area contributed by atoms with Gasteiger partial charge in [-0.05, 0) is 51.4 Å². The monoisotopic (exact) mass is 971 g/mol. The Hall–Kier alpha value is -2.19. The molecule has 0 amide bonds. The van der Waals surface area contributed by atoms with Crippen molar-refractivity contribution in [1.29, 1.82) is 0 Å². The molecule has 0 spiro atoms. The zero-order valence-corrected chi connectivity index (χ0v) is 42.6. The molecule has 1 aliphatic rings. The van der Waals surface area contributed by atoms with Gasteiger partial charge in [-0.2, -0.15) is 0 Å². The molecule has 14 heteroatoms. The van der Waals surface area contributed by atoms with Gasteiger partial charge in [-0.15, -0.1) is 0 Å². The Kier molecular flexibility index (Phi) is 40.0. The number of unbranched alkanes of at least 4 members (excludes halogenated alkanes) is 24. The van der Waals surface area contributed by atoms with Crippen LogP contribution in [0.25, 0.3) is 0 Å². The van der Waals surface area contributed by atoms with E-state index in [0.717, 1.165) is 57.8 Å². The van der Waals surface area contributed by atoms with Crippen LogP contribution in [-0.2, 0) is 32.7 Å². The van der Waals surface area contributed by atoms with E-state index in [-0.39, 0.29) is 12.8 Å². The summed E-state index contributed by atoms with van der Waals surface area (Å²) >= 11 is 0. The van der Waals surface area contributed by atoms with Crippen LogP contribution in [-0.4, -0.2) is 98.3 Å². The summed E-state index contributed by atoms with van der Waals surface area (Å²) in [6.07, 6.45) is 38.9. The second-order valence-electron chi connectivity index (χ2n) is 18.4. The number of phosphoric ester groups is 1. The highest BCUT2D eigenvalue weighted by Crippen LogP contribution is 2.47. The first-order valence-electron chi connectivity index (χ1n) is 26.4.